The zero-order valence-corrected chi connectivity index (χ0v) is 7.41. The van der Waals surface area contributed by atoms with E-state index in [1.807, 2.05) is 0 Å². The lowest BCUT2D eigenvalue weighted by Crippen LogP contribution is -1.98. The lowest BCUT2D eigenvalue weighted by molar-refractivity contribution is 0.220. The molecule has 70 valence electrons. The summed E-state index contributed by atoms with van der Waals surface area (Å²) >= 11 is 0. The van der Waals surface area contributed by atoms with E-state index in [9.17, 15) is 5.11 Å². The number of benzene rings is 2. The number of hydrogen-bond donors (Lipinski definition) is 1. The smallest absolute Gasteiger partial charge is 0.104 e. The van der Waals surface area contributed by atoms with Crippen LogP contribution in [0.2, 0.25) is 0 Å². The molecule has 0 aliphatic heterocycles. The fourth-order valence-electron chi connectivity index (χ4n) is 1.20. The van der Waals surface area contributed by atoms with E-state index < -0.39 is 24.2 Å². The molecule has 0 saturated carbocycles. The fraction of sp³-hybridized carbons (Fsp3) is 0.0769. The molecule has 0 amide bonds. The van der Waals surface area contributed by atoms with Gasteiger partial charge in [-0.3, -0.25) is 0 Å². The van der Waals surface area contributed by atoms with Gasteiger partial charge in [-0.05, 0) is 11.1 Å². The van der Waals surface area contributed by atoms with Crippen LogP contribution in [0.25, 0.3) is 0 Å². The van der Waals surface area contributed by atoms with Gasteiger partial charge in [0, 0.05) is 0 Å². The first-order valence-electron chi connectivity index (χ1n) is 6.75. The summed E-state index contributed by atoms with van der Waals surface area (Å²) in [4.78, 5) is 0. The van der Waals surface area contributed by atoms with E-state index >= 15 is 0 Å². The Hall–Kier alpha value is -1.60. The molecule has 0 spiro atoms. The van der Waals surface area contributed by atoms with E-state index in [1.165, 1.54) is 0 Å². The second kappa shape index (κ2) is 4.07. The summed E-state index contributed by atoms with van der Waals surface area (Å²) in [5.41, 5.74) is 0.387. The van der Waals surface area contributed by atoms with E-state index in [4.69, 9.17) is 6.85 Å². The summed E-state index contributed by atoms with van der Waals surface area (Å²) in [6.45, 7) is 0. The Labute approximate surface area is 90.7 Å². The van der Waals surface area contributed by atoms with Crippen molar-refractivity contribution < 1.29 is 12.0 Å². The quantitative estimate of drug-likeness (QED) is 0.770. The third-order valence-electron chi connectivity index (χ3n) is 1.91. The van der Waals surface area contributed by atoms with E-state index in [2.05, 4.69) is 0 Å². The van der Waals surface area contributed by atoms with Crippen LogP contribution in [0.5, 0.6) is 0 Å². The van der Waals surface area contributed by atoms with Crippen molar-refractivity contribution in [3.05, 3.63) is 71.7 Å². The third-order valence-corrected chi connectivity index (χ3v) is 1.91. The van der Waals surface area contributed by atoms with Crippen molar-refractivity contribution in [1.82, 2.24) is 0 Å². The highest BCUT2D eigenvalue weighted by Gasteiger charge is 2.07. The van der Waals surface area contributed by atoms with Gasteiger partial charge in [0.1, 0.15) is 6.10 Å². The van der Waals surface area contributed by atoms with Gasteiger partial charge in [0.25, 0.3) is 0 Å². The molecule has 2 aromatic rings. The third kappa shape index (κ3) is 1.83. The van der Waals surface area contributed by atoms with Gasteiger partial charge in [-0.25, -0.2) is 0 Å². The zero-order chi connectivity index (χ0) is 14.2. The summed E-state index contributed by atoms with van der Waals surface area (Å²) in [5, 5.41) is 10.2. The molecule has 1 heteroatoms. The molecule has 1 atom stereocenters. The monoisotopic (exact) mass is 189 g/mol. The van der Waals surface area contributed by atoms with E-state index in [-0.39, 0.29) is 17.6 Å². The van der Waals surface area contributed by atoms with Crippen molar-refractivity contribution in [3.63, 3.8) is 0 Å². The first-order chi connectivity index (χ1) is 8.95. The molecular formula is C13H12O. The normalized spacial score (nSPS) is 17.4. The minimum atomic E-state index is -1.24. The van der Waals surface area contributed by atoms with Gasteiger partial charge in [-0.15, -0.1) is 0 Å². The second-order valence-electron chi connectivity index (χ2n) is 2.85. The molecule has 0 heterocycles. The molecule has 0 saturated heterocycles. The highest BCUT2D eigenvalue weighted by molar-refractivity contribution is 5.29. The van der Waals surface area contributed by atoms with Crippen LogP contribution in [-0.4, -0.2) is 5.11 Å². The summed E-state index contributed by atoms with van der Waals surface area (Å²) in [6.07, 6.45) is -1.24. The highest BCUT2D eigenvalue weighted by Crippen LogP contribution is 2.20. The van der Waals surface area contributed by atoms with Crippen LogP contribution in [0.1, 0.15) is 24.1 Å². The maximum Gasteiger partial charge on any atom is 0.104 e. The van der Waals surface area contributed by atoms with Gasteiger partial charge in [-0.2, -0.15) is 0 Å². The maximum absolute atomic E-state index is 10.2. The van der Waals surface area contributed by atoms with Crippen LogP contribution in [0.4, 0.5) is 0 Å². The topological polar surface area (TPSA) is 20.2 Å². The molecule has 1 nitrogen and oxygen atoms in total. The first-order valence-corrected chi connectivity index (χ1v) is 4.25. The molecule has 0 radical (unpaired) electrons. The average molecular weight is 189 g/mol. The Balaban J connectivity index is 2.64. The van der Waals surface area contributed by atoms with Crippen molar-refractivity contribution in [2.75, 3.05) is 0 Å². The van der Waals surface area contributed by atoms with Gasteiger partial charge in [0.2, 0.25) is 0 Å². The molecule has 1 N–H and O–H groups in total. The Bertz CT molecular complexity index is 583. The van der Waals surface area contributed by atoms with Gasteiger partial charge in [0.05, 0.1) is 6.85 Å². The molecule has 0 bridgehead atoms. The van der Waals surface area contributed by atoms with Crippen LogP contribution in [0, 0.1) is 0 Å². The Morgan fingerprint density at radius 3 is 2.21 bits per heavy atom. The molecule has 2 aromatic carbocycles. The molecule has 0 unspecified atom stereocenters. The van der Waals surface area contributed by atoms with Crippen molar-refractivity contribution in [3.8, 4) is 0 Å². The second-order valence-corrected chi connectivity index (χ2v) is 2.85. The molecule has 0 fully saturated rings. The standard InChI is InChI=1S/C13H12O/c14-13(11-7-3-1-4-8-11)12-9-5-2-6-10-12/h1-10,13-14H/i1D,3D,4D,7D,8D/t13-/m0/s1. The number of hydrogen-bond acceptors (Lipinski definition) is 1. The average Bonchev–Trinajstić information content (AvgIpc) is 2.44. The molecule has 14 heavy (non-hydrogen) atoms. The summed E-state index contributed by atoms with van der Waals surface area (Å²) in [5.74, 6) is 0. The minimum absolute atomic E-state index is 0.0998. The number of aliphatic hydroxyl groups excluding tert-OH is 1. The van der Waals surface area contributed by atoms with Crippen LogP contribution in [0.15, 0.2) is 60.5 Å². The van der Waals surface area contributed by atoms with Crippen LogP contribution < -0.4 is 0 Å². The zero-order valence-electron chi connectivity index (χ0n) is 12.4. The van der Waals surface area contributed by atoms with Crippen LogP contribution in [0.3, 0.4) is 0 Å². The van der Waals surface area contributed by atoms with Crippen LogP contribution >= 0.6 is 0 Å². The van der Waals surface area contributed by atoms with Gasteiger partial charge < -0.3 is 5.11 Å². The predicted molar refractivity (Wildman–Crippen MR) is 56.9 cm³/mol. The number of aliphatic hydroxyl groups is 1. The fourth-order valence-corrected chi connectivity index (χ4v) is 1.20. The number of rotatable bonds is 2. The molecular weight excluding hydrogens is 172 g/mol. The van der Waals surface area contributed by atoms with Crippen molar-refractivity contribution in [1.29, 1.82) is 0 Å². The summed E-state index contributed by atoms with van der Waals surface area (Å²) in [7, 11) is 0. The van der Waals surface area contributed by atoms with E-state index in [0.717, 1.165) is 0 Å². The van der Waals surface area contributed by atoms with Crippen LogP contribution in [-0.2, 0) is 0 Å². The SMILES string of the molecule is [2H]c1c([2H])c([2H])c([C@H](O)c2ccccc2)c([2H])c1[2H]. The Kier molecular flexibility index (Phi) is 1.38. The summed E-state index contributed by atoms with van der Waals surface area (Å²) in [6, 6.07) is 6.41. The Morgan fingerprint density at radius 1 is 0.929 bits per heavy atom. The summed E-state index contributed by atoms with van der Waals surface area (Å²) < 4.78 is 38.2. The molecule has 0 aromatic heterocycles. The van der Waals surface area contributed by atoms with Gasteiger partial charge in [-0.1, -0.05) is 60.5 Å². The molecule has 2 rings (SSSR count). The van der Waals surface area contributed by atoms with E-state index in [0.29, 0.717) is 5.56 Å². The molecule has 0 aliphatic carbocycles. The van der Waals surface area contributed by atoms with Gasteiger partial charge >= 0.3 is 0 Å². The lowest BCUT2D eigenvalue weighted by atomic mass is 10.0. The van der Waals surface area contributed by atoms with E-state index in [1.54, 1.807) is 30.3 Å². The van der Waals surface area contributed by atoms with Gasteiger partial charge in [0.15, 0.2) is 0 Å². The first kappa shape index (κ1) is 4.76. The largest absolute Gasteiger partial charge is 0.384 e. The maximum atomic E-state index is 10.2. The van der Waals surface area contributed by atoms with Crippen molar-refractivity contribution in [2.45, 2.75) is 6.10 Å². The van der Waals surface area contributed by atoms with Crippen molar-refractivity contribution in [2.24, 2.45) is 0 Å². The van der Waals surface area contributed by atoms with Crippen molar-refractivity contribution >= 4 is 0 Å². The molecule has 0 aliphatic rings. The Morgan fingerprint density at radius 2 is 1.57 bits per heavy atom. The highest BCUT2D eigenvalue weighted by atomic mass is 16.3. The predicted octanol–water partition coefficient (Wildman–Crippen LogP) is 2.77. The minimum Gasteiger partial charge on any atom is -0.384 e. The lowest BCUT2D eigenvalue weighted by Gasteiger charge is -2.10.